The fourth-order valence-electron chi connectivity index (χ4n) is 4.09. The maximum absolute atomic E-state index is 13.0. The number of carbonyl (C=O) groups is 2. The fraction of sp³-hybridized carbons (Fsp3) is 0.680. The molecule has 1 saturated heterocycles. The van der Waals surface area contributed by atoms with Gasteiger partial charge in [-0.15, -0.1) is 0 Å². The first-order valence-corrected chi connectivity index (χ1v) is 11.4. The highest BCUT2D eigenvalue weighted by Crippen LogP contribution is 2.30. The minimum Gasteiger partial charge on any atom is -0.444 e. The van der Waals surface area contributed by atoms with Crippen LogP contribution in [0.3, 0.4) is 0 Å². The van der Waals surface area contributed by atoms with Crippen molar-refractivity contribution in [2.45, 2.75) is 110 Å². The molecule has 4 nitrogen and oxygen atoms in total. The summed E-state index contributed by atoms with van der Waals surface area (Å²) in [6.07, 6.45) is 10.2. The molecule has 1 aliphatic heterocycles. The first-order valence-electron chi connectivity index (χ1n) is 11.4. The SMILES string of the molecule is CCCCCCCCC[C@@H]1CC(=O)[C@H](Cc2ccccc2)N1C(=O)OC(C)(C)C. The van der Waals surface area contributed by atoms with Crippen molar-refractivity contribution >= 4 is 11.9 Å². The Morgan fingerprint density at radius 2 is 1.66 bits per heavy atom. The maximum atomic E-state index is 13.0. The number of likely N-dealkylation sites (tertiary alicyclic amines) is 1. The van der Waals surface area contributed by atoms with Crippen LogP contribution in [0.2, 0.25) is 0 Å². The molecule has 2 rings (SSSR count). The van der Waals surface area contributed by atoms with Crippen molar-refractivity contribution in [1.82, 2.24) is 4.90 Å². The average Bonchev–Trinajstić information content (AvgIpc) is 2.96. The van der Waals surface area contributed by atoms with E-state index in [-0.39, 0.29) is 17.9 Å². The van der Waals surface area contributed by atoms with Crippen LogP contribution < -0.4 is 0 Å². The van der Waals surface area contributed by atoms with E-state index in [0.717, 1.165) is 18.4 Å². The van der Waals surface area contributed by atoms with Gasteiger partial charge in [0, 0.05) is 18.9 Å². The number of Topliss-reactive ketones (excluding diaryl/α,β-unsaturated/α-hetero) is 1. The van der Waals surface area contributed by atoms with Gasteiger partial charge in [0.15, 0.2) is 5.78 Å². The predicted molar refractivity (Wildman–Crippen MR) is 118 cm³/mol. The summed E-state index contributed by atoms with van der Waals surface area (Å²) in [6, 6.07) is 9.50. The number of hydrogen-bond acceptors (Lipinski definition) is 3. The van der Waals surface area contributed by atoms with Crippen LogP contribution in [0.5, 0.6) is 0 Å². The highest BCUT2D eigenvalue weighted by Gasteiger charge is 2.44. The Balaban J connectivity index is 2.00. The van der Waals surface area contributed by atoms with Crippen LogP contribution in [0, 0.1) is 0 Å². The normalized spacial score (nSPS) is 19.6. The second-order valence-corrected chi connectivity index (χ2v) is 9.33. The van der Waals surface area contributed by atoms with Crippen molar-refractivity contribution in [3.05, 3.63) is 35.9 Å². The quantitative estimate of drug-likeness (QED) is 0.431. The van der Waals surface area contributed by atoms with Gasteiger partial charge in [-0.3, -0.25) is 9.69 Å². The molecule has 0 aromatic heterocycles. The number of amides is 1. The van der Waals surface area contributed by atoms with Gasteiger partial charge in [-0.2, -0.15) is 0 Å². The average molecular weight is 402 g/mol. The standard InChI is InChI=1S/C25H39NO3/c1-5-6-7-8-9-10-14-17-21-19-23(27)22(18-20-15-12-11-13-16-20)26(21)24(28)29-25(2,3)4/h11-13,15-16,21-22H,5-10,14,17-19H2,1-4H3/t21-,22+/m1/s1. The zero-order valence-electron chi connectivity index (χ0n) is 18.8. The van der Waals surface area contributed by atoms with Gasteiger partial charge >= 0.3 is 6.09 Å². The molecule has 0 N–H and O–H groups in total. The molecular weight excluding hydrogens is 362 g/mol. The van der Waals surface area contributed by atoms with Gasteiger partial charge in [-0.05, 0) is 32.8 Å². The summed E-state index contributed by atoms with van der Waals surface area (Å²) in [5.74, 6) is 0.160. The first kappa shape index (κ1) is 23.4. The van der Waals surface area contributed by atoms with Crippen LogP contribution in [-0.2, 0) is 16.0 Å². The van der Waals surface area contributed by atoms with Crippen LogP contribution in [0.15, 0.2) is 30.3 Å². The highest BCUT2D eigenvalue weighted by molar-refractivity contribution is 5.91. The molecular formula is C25H39NO3. The molecule has 0 bridgehead atoms. The van der Waals surface area contributed by atoms with E-state index in [9.17, 15) is 9.59 Å². The van der Waals surface area contributed by atoms with Gasteiger partial charge in [-0.1, -0.05) is 82.2 Å². The molecule has 1 aromatic carbocycles. The maximum Gasteiger partial charge on any atom is 0.411 e. The van der Waals surface area contributed by atoms with E-state index in [1.807, 2.05) is 51.1 Å². The molecule has 1 aromatic rings. The Labute approximate surface area is 177 Å². The van der Waals surface area contributed by atoms with Crippen molar-refractivity contribution in [2.75, 3.05) is 0 Å². The van der Waals surface area contributed by atoms with Crippen LogP contribution in [-0.4, -0.2) is 34.5 Å². The summed E-state index contributed by atoms with van der Waals surface area (Å²) in [5.41, 5.74) is 0.514. The van der Waals surface area contributed by atoms with E-state index in [1.54, 1.807) is 4.90 Å². The molecule has 4 heteroatoms. The summed E-state index contributed by atoms with van der Waals surface area (Å²) in [5, 5.41) is 0. The Hall–Kier alpha value is -1.84. The molecule has 1 heterocycles. The summed E-state index contributed by atoms with van der Waals surface area (Å²) in [7, 11) is 0. The number of nitrogens with zero attached hydrogens (tertiary/aromatic N) is 1. The summed E-state index contributed by atoms with van der Waals surface area (Å²) in [4.78, 5) is 27.6. The Morgan fingerprint density at radius 1 is 1.03 bits per heavy atom. The monoisotopic (exact) mass is 401 g/mol. The Bertz CT molecular complexity index is 635. The first-order chi connectivity index (χ1) is 13.8. The number of hydrogen-bond donors (Lipinski definition) is 0. The van der Waals surface area contributed by atoms with Crippen LogP contribution in [0.1, 0.15) is 91.0 Å². The lowest BCUT2D eigenvalue weighted by Crippen LogP contribution is -2.46. The molecule has 0 aliphatic carbocycles. The van der Waals surface area contributed by atoms with E-state index >= 15 is 0 Å². The molecule has 0 saturated carbocycles. The van der Waals surface area contributed by atoms with E-state index < -0.39 is 11.6 Å². The molecule has 0 radical (unpaired) electrons. The van der Waals surface area contributed by atoms with E-state index in [0.29, 0.717) is 12.8 Å². The molecule has 1 aliphatic rings. The largest absolute Gasteiger partial charge is 0.444 e. The minimum absolute atomic E-state index is 0.0401. The van der Waals surface area contributed by atoms with Gasteiger partial charge in [-0.25, -0.2) is 4.79 Å². The fourth-order valence-corrected chi connectivity index (χ4v) is 4.09. The van der Waals surface area contributed by atoms with Crippen LogP contribution in [0.25, 0.3) is 0 Å². The highest BCUT2D eigenvalue weighted by atomic mass is 16.6. The predicted octanol–water partition coefficient (Wildman–Crippen LogP) is 6.32. The number of ether oxygens (including phenoxy) is 1. The lowest BCUT2D eigenvalue weighted by atomic mass is 10.0. The van der Waals surface area contributed by atoms with Gasteiger partial charge in [0.05, 0.1) is 6.04 Å². The van der Waals surface area contributed by atoms with Gasteiger partial charge in [0.2, 0.25) is 0 Å². The smallest absolute Gasteiger partial charge is 0.411 e. The molecule has 29 heavy (non-hydrogen) atoms. The second kappa shape index (κ2) is 11.4. The number of rotatable bonds is 10. The summed E-state index contributed by atoms with van der Waals surface area (Å²) >= 11 is 0. The third-order valence-corrected chi connectivity index (χ3v) is 5.55. The van der Waals surface area contributed by atoms with Crippen molar-refractivity contribution in [3.63, 3.8) is 0 Å². The zero-order valence-corrected chi connectivity index (χ0v) is 18.8. The summed E-state index contributed by atoms with van der Waals surface area (Å²) in [6.45, 7) is 7.86. The lowest BCUT2D eigenvalue weighted by molar-refractivity contribution is -0.119. The van der Waals surface area contributed by atoms with E-state index in [1.165, 1.54) is 38.5 Å². The zero-order chi connectivity index (χ0) is 21.3. The van der Waals surface area contributed by atoms with Gasteiger partial charge in [0.1, 0.15) is 5.60 Å². The van der Waals surface area contributed by atoms with Crippen molar-refractivity contribution < 1.29 is 14.3 Å². The molecule has 1 amide bonds. The van der Waals surface area contributed by atoms with Gasteiger partial charge < -0.3 is 4.74 Å². The van der Waals surface area contributed by atoms with E-state index in [2.05, 4.69) is 6.92 Å². The molecule has 1 fully saturated rings. The van der Waals surface area contributed by atoms with Crippen molar-refractivity contribution in [1.29, 1.82) is 0 Å². The molecule has 2 atom stereocenters. The third-order valence-electron chi connectivity index (χ3n) is 5.55. The second-order valence-electron chi connectivity index (χ2n) is 9.33. The van der Waals surface area contributed by atoms with Crippen molar-refractivity contribution in [2.24, 2.45) is 0 Å². The van der Waals surface area contributed by atoms with Crippen LogP contribution in [0.4, 0.5) is 4.79 Å². The van der Waals surface area contributed by atoms with Gasteiger partial charge in [0.25, 0.3) is 0 Å². The number of carbonyl (C=O) groups excluding carboxylic acids is 2. The number of ketones is 1. The lowest BCUT2D eigenvalue weighted by Gasteiger charge is -2.32. The molecule has 0 spiro atoms. The number of unbranched alkanes of at least 4 members (excludes halogenated alkanes) is 6. The van der Waals surface area contributed by atoms with E-state index in [4.69, 9.17) is 4.74 Å². The number of benzene rings is 1. The summed E-state index contributed by atoms with van der Waals surface area (Å²) < 4.78 is 5.67. The van der Waals surface area contributed by atoms with Crippen LogP contribution >= 0.6 is 0 Å². The topological polar surface area (TPSA) is 46.6 Å². The third kappa shape index (κ3) is 7.83. The minimum atomic E-state index is -0.566. The molecule has 0 unspecified atom stereocenters. The molecule has 162 valence electrons. The van der Waals surface area contributed by atoms with Crippen molar-refractivity contribution in [3.8, 4) is 0 Å². The Morgan fingerprint density at radius 3 is 2.28 bits per heavy atom. The Kier molecular flexibility index (Phi) is 9.19.